The van der Waals surface area contributed by atoms with Gasteiger partial charge in [0.25, 0.3) is 0 Å². The molecule has 2 aromatic rings. The van der Waals surface area contributed by atoms with Crippen LogP contribution in [0.5, 0.6) is 0 Å². The normalized spacial score (nSPS) is 10.5. The molecule has 0 atom stereocenters. The van der Waals surface area contributed by atoms with Gasteiger partial charge in [0.05, 0.1) is 5.56 Å². The van der Waals surface area contributed by atoms with Crippen molar-refractivity contribution in [1.82, 2.24) is 0 Å². The molecule has 0 heterocycles. The summed E-state index contributed by atoms with van der Waals surface area (Å²) in [5.74, 6) is -0.846. The molecule has 2 nitrogen and oxygen atoms in total. The average molecular weight is 254 g/mol. The molecule has 0 radical (unpaired) electrons. The van der Waals surface area contributed by atoms with Crippen molar-refractivity contribution in [1.29, 1.82) is 0 Å². The van der Waals surface area contributed by atoms with Crippen molar-refractivity contribution in [3.63, 3.8) is 0 Å². The molecule has 0 aliphatic rings. The first-order valence-electron chi connectivity index (χ1n) is 6.34. The summed E-state index contributed by atoms with van der Waals surface area (Å²) in [5.41, 5.74) is 6.54. The lowest BCUT2D eigenvalue weighted by molar-refractivity contribution is 0.0695. The lowest BCUT2D eigenvalue weighted by atomic mass is 9.86. The number of aromatic carboxylic acids is 1. The van der Waals surface area contributed by atoms with Crippen LogP contribution in [0.3, 0.4) is 0 Å². The number of benzene rings is 2. The summed E-state index contributed by atoms with van der Waals surface area (Å²) in [5, 5.41) is 9.36. The predicted molar refractivity (Wildman–Crippen MR) is 77.8 cm³/mol. The number of hydrogen-bond acceptors (Lipinski definition) is 1. The summed E-state index contributed by atoms with van der Waals surface area (Å²) in [6, 6.07) is 10.1. The first kappa shape index (κ1) is 13.3. The zero-order chi connectivity index (χ0) is 14.2. The van der Waals surface area contributed by atoms with Crippen LogP contribution in [0, 0.1) is 27.7 Å². The van der Waals surface area contributed by atoms with E-state index in [1.165, 1.54) is 0 Å². The van der Waals surface area contributed by atoms with E-state index in [-0.39, 0.29) is 0 Å². The van der Waals surface area contributed by atoms with E-state index in [4.69, 9.17) is 0 Å². The monoisotopic (exact) mass is 254 g/mol. The third-order valence-corrected chi connectivity index (χ3v) is 3.90. The van der Waals surface area contributed by atoms with E-state index in [1.807, 2.05) is 45.9 Å². The summed E-state index contributed by atoms with van der Waals surface area (Å²) in [6.45, 7) is 7.77. The SMILES string of the molecule is Cc1c(C)c(-c2ccccc2)c(C)c(C)c1C(=O)O. The molecule has 0 spiro atoms. The first-order chi connectivity index (χ1) is 8.95. The highest BCUT2D eigenvalue weighted by Crippen LogP contribution is 2.34. The molecule has 0 aliphatic carbocycles. The van der Waals surface area contributed by atoms with Gasteiger partial charge in [0.15, 0.2) is 0 Å². The van der Waals surface area contributed by atoms with Crippen molar-refractivity contribution in [2.45, 2.75) is 27.7 Å². The van der Waals surface area contributed by atoms with Gasteiger partial charge in [-0.05, 0) is 61.1 Å². The Hall–Kier alpha value is -2.09. The van der Waals surface area contributed by atoms with Crippen molar-refractivity contribution in [2.24, 2.45) is 0 Å². The summed E-state index contributed by atoms with van der Waals surface area (Å²) in [6.07, 6.45) is 0. The molecule has 0 aliphatic heterocycles. The topological polar surface area (TPSA) is 37.3 Å². The van der Waals surface area contributed by atoms with Crippen LogP contribution in [-0.2, 0) is 0 Å². The van der Waals surface area contributed by atoms with E-state index >= 15 is 0 Å². The van der Waals surface area contributed by atoms with Gasteiger partial charge >= 0.3 is 5.97 Å². The van der Waals surface area contributed by atoms with Gasteiger partial charge < -0.3 is 5.11 Å². The number of hydrogen-bond donors (Lipinski definition) is 1. The molecule has 0 bridgehead atoms. The summed E-state index contributed by atoms with van der Waals surface area (Å²) < 4.78 is 0. The Labute approximate surface area is 113 Å². The van der Waals surface area contributed by atoms with Gasteiger partial charge in [-0.2, -0.15) is 0 Å². The van der Waals surface area contributed by atoms with Gasteiger partial charge in [-0.15, -0.1) is 0 Å². The number of carboxylic acid groups (broad SMARTS) is 1. The van der Waals surface area contributed by atoms with Gasteiger partial charge in [-0.3, -0.25) is 0 Å². The molecule has 0 fully saturated rings. The Kier molecular flexibility index (Phi) is 3.43. The summed E-state index contributed by atoms with van der Waals surface area (Å²) >= 11 is 0. The van der Waals surface area contributed by atoms with E-state index in [1.54, 1.807) is 0 Å². The molecule has 0 aromatic heterocycles. The molecule has 0 amide bonds. The minimum absolute atomic E-state index is 0.440. The summed E-state index contributed by atoms with van der Waals surface area (Å²) in [4.78, 5) is 11.4. The van der Waals surface area contributed by atoms with Crippen molar-refractivity contribution in [3.05, 3.63) is 58.1 Å². The minimum atomic E-state index is -0.846. The van der Waals surface area contributed by atoms with Crippen LogP contribution in [0.4, 0.5) is 0 Å². The van der Waals surface area contributed by atoms with Gasteiger partial charge in [-0.1, -0.05) is 30.3 Å². The molecule has 0 unspecified atom stereocenters. The first-order valence-corrected chi connectivity index (χ1v) is 6.34. The molecule has 2 heteroatoms. The van der Waals surface area contributed by atoms with E-state index in [0.717, 1.165) is 33.4 Å². The Morgan fingerprint density at radius 2 is 1.32 bits per heavy atom. The van der Waals surface area contributed by atoms with Crippen LogP contribution in [0.2, 0.25) is 0 Å². The molecule has 2 aromatic carbocycles. The molecule has 0 saturated carbocycles. The maximum Gasteiger partial charge on any atom is 0.336 e. The standard InChI is InChI=1S/C17H18O2/c1-10-12(3)16(17(18)19)13(4)11(2)15(10)14-8-6-5-7-9-14/h5-9H,1-4H3,(H,18,19). The average Bonchev–Trinajstić information content (AvgIpc) is 2.38. The Balaban J connectivity index is 2.82. The van der Waals surface area contributed by atoms with Crippen LogP contribution in [-0.4, -0.2) is 11.1 Å². The van der Waals surface area contributed by atoms with E-state index < -0.39 is 5.97 Å². The zero-order valence-corrected chi connectivity index (χ0v) is 11.7. The molecular formula is C17H18O2. The van der Waals surface area contributed by atoms with Crippen molar-refractivity contribution in [2.75, 3.05) is 0 Å². The van der Waals surface area contributed by atoms with Crippen LogP contribution in [0.25, 0.3) is 11.1 Å². The van der Waals surface area contributed by atoms with Crippen LogP contribution < -0.4 is 0 Å². The summed E-state index contributed by atoms with van der Waals surface area (Å²) in [7, 11) is 0. The van der Waals surface area contributed by atoms with E-state index in [0.29, 0.717) is 5.56 Å². The Morgan fingerprint density at radius 3 is 1.74 bits per heavy atom. The molecule has 1 N–H and O–H groups in total. The fourth-order valence-corrected chi connectivity index (χ4v) is 2.67. The number of carbonyl (C=O) groups is 1. The molecule has 98 valence electrons. The fraction of sp³-hybridized carbons (Fsp3) is 0.235. The maximum absolute atomic E-state index is 11.4. The van der Waals surface area contributed by atoms with Crippen LogP contribution in [0.1, 0.15) is 32.6 Å². The minimum Gasteiger partial charge on any atom is -0.478 e. The van der Waals surface area contributed by atoms with E-state index in [2.05, 4.69) is 12.1 Å². The van der Waals surface area contributed by atoms with Crippen molar-refractivity contribution in [3.8, 4) is 11.1 Å². The van der Waals surface area contributed by atoms with Gasteiger partial charge in [-0.25, -0.2) is 4.79 Å². The smallest absolute Gasteiger partial charge is 0.336 e. The molecule has 19 heavy (non-hydrogen) atoms. The highest BCUT2D eigenvalue weighted by molar-refractivity contribution is 5.94. The fourth-order valence-electron chi connectivity index (χ4n) is 2.67. The Bertz CT molecular complexity index is 611. The molecule has 2 rings (SSSR count). The second kappa shape index (κ2) is 4.88. The predicted octanol–water partition coefficient (Wildman–Crippen LogP) is 4.29. The Morgan fingerprint density at radius 1 is 0.842 bits per heavy atom. The lowest BCUT2D eigenvalue weighted by Gasteiger charge is -2.18. The second-order valence-electron chi connectivity index (χ2n) is 4.92. The largest absolute Gasteiger partial charge is 0.478 e. The number of rotatable bonds is 2. The van der Waals surface area contributed by atoms with Gasteiger partial charge in [0.2, 0.25) is 0 Å². The van der Waals surface area contributed by atoms with Gasteiger partial charge in [0, 0.05) is 0 Å². The highest BCUT2D eigenvalue weighted by Gasteiger charge is 2.19. The van der Waals surface area contributed by atoms with Crippen molar-refractivity contribution < 1.29 is 9.90 Å². The maximum atomic E-state index is 11.4. The van der Waals surface area contributed by atoms with Gasteiger partial charge in [0.1, 0.15) is 0 Å². The second-order valence-corrected chi connectivity index (χ2v) is 4.92. The molecule has 0 saturated heterocycles. The van der Waals surface area contributed by atoms with E-state index in [9.17, 15) is 9.90 Å². The van der Waals surface area contributed by atoms with Crippen LogP contribution in [0.15, 0.2) is 30.3 Å². The quantitative estimate of drug-likeness (QED) is 0.868. The highest BCUT2D eigenvalue weighted by atomic mass is 16.4. The zero-order valence-electron chi connectivity index (χ0n) is 11.7. The number of carboxylic acids is 1. The third-order valence-electron chi connectivity index (χ3n) is 3.90. The van der Waals surface area contributed by atoms with Crippen molar-refractivity contribution >= 4 is 5.97 Å². The lowest BCUT2D eigenvalue weighted by Crippen LogP contribution is -2.08. The van der Waals surface area contributed by atoms with Crippen LogP contribution >= 0.6 is 0 Å². The third kappa shape index (κ3) is 2.14. The molecular weight excluding hydrogens is 236 g/mol.